The quantitative estimate of drug-likeness (QED) is 0.529. The fourth-order valence-electron chi connectivity index (χ4n) is 2.22. The highest BCUT2D eigenvalue weighted by Crippen LogP contribution is 2.62. The molecule has 0 N–H and O–H groups in total. The summed E-state index contributed by atoms with van der Waals surface area (Å²) in [6, 6.07) is 0. The van der Waals surface area contributed by atoms with Gasteiger partial charge in [0.05, 0.1) is 0 Å². The van der Waals surface area contributed by atoms with Crippen molar-refractivity contribution in [1.29, 1.82) is 0 Å². The monoisotopic (exact) mass is 156 g/mol. The molecule has 0 aromatic carbocycles. The Morgan fingerprint density at radius 2 is 2.10 bits per heavy atom. The largest absolute Gasteiger partial charge is 0.300 e. The van der Waals surface area contributed by atoms with Gasteiger partial charge in [-0.25, -0.2) is 0 Å². The SMILES string of the molecule is C[C@@]12CC[C@]1(S)CC(=O)C2. The minimum Gasteiger partial charge on any atom is -0.300 e. The van der Waals surface area contributed by atoms with E-state index < -0.39 is 0 Å². The van der Waals surface area contributed by atoms with Crippen molar-refractivity contribution in [2.24, 2.45) is 5.41 Å². The molecule has 10 heavy (non-hydrogen) atoms. The number of carbonyl (C=O) groups is 1. The first-order valence-electron chi connectivity index (χ1n) is 3.80. The van der Waals surface area contributed by atoms with Crippen LogP contribution in [0.5, 0.6) is 0 Å². The van der Waals surface area contributed by atoms with Crippen molar-refractivity contribution < 1.29 is 4.79 Å². The van der Waals surface area contributed by atoms with Crippen LogP contribution in [-0.4, -0.2) is 10.5 Å². The summed E-state index contributed by atoms with van der Waals surface area (Å²) >= 11 is 4.55. The number of ketones is 1. The Kier molecular flexibility index (Phi) is 1.08. The molecule has 2 saturated carbocycles. The van der Waals surface area contributed by atoms with Gasteiger partial charge in [-0.05, 0) is 18.3 Å². The van der Waals surface area contributed by atoms with Gasteiger partial charge in [-0.15, -0.1) is 0 Å². The summed E-state index contributed by atoms with van der Waals surface area (Å²) in [6.07, 6.45) is 3.82. The van der Waals surface area contributed by atoms with Crippen LogP contribution in [0.1, 0.15) is 32.6 Å². The molecule has 0 aliphatic heterocycles. The van der Waals surface area contributed by atoms with E-state index in [4.69, 9.17) is 0 Å². The third kappa shape index (κ3) is 0.584. The summed E-state index contributed by atoms with van der Waals surface area (Å²) in [5.74, 6) is 0.412. The molecule has 0 unspecified atom stereocenters. The molecule has 2 rings (SSSR count). The van der Waals surface area contributed by atoms with Gasteiger partial charge in [0.2, 0.25) is 0 Å². The fourth-order valence-corrected chi connectivity index (χ4v) is 2.70. The topological polar surface area (TPSA) is 17.1 Å². The third-order valence-electron chi connectivity index (χ3n) is 3.29. The zero-order valence-electron chi connectivity index (χ0n) is 6.18. The number of carbonyl (C=O) groups excluding carboxylic acids is 1. The lowest BCUT2D eigenvalue weighted by molar-refractivity contribution is -0.117. The van der Waals surface area contributed by atoms with Crippen LogP contribution in [0.3, 0.4) is 0 Å². The first kappa shape index (κ1) is 6.71. The fraction of sp³-hybridized carbons (Fsp3) is 0.875. The lowest BCUT2D eigenvalue weighted by Gasteiger charge is -2.50. The number of Topliss-reactive ketones (excluding diaryl/α,β-unsaturated/α-hetero) is 1. The van der Waals surface area contributed by atoms with Crippen LogP contribution < -0.4 is 0 Å². The van der Waals surface area contributed by atoms with Crippen LogP contribution in [0.25, 0.3) is 0 Å². The van der Waals surface area contributed by atoms with E-state index in [1.807, 2.05) is 0 Å². The van der Waals surface area contributed by atoms with E-state index in [0.29, 0.717) is 12.2 Å². The van der Waals surface area contributed by atoms with Gasteiger partial charge in [-0.2, -0.15) is 12.6 Å². The first-order chi connectivity index (χ1) is 4.56. The number of hydrogen-bond donors (Lipinski definition) is 1. The third-order valence-corrected chi connectivity index (χ3v) is 4.21. The van der Waals surface area contributed by atoms with Crippen LogP contribution in [0, 0.1) is 5.41 Å². The van der Waals surface area contributed by atoms with E-state index in [-0.39, 0.29) is 10.2 Å². The lowest BCUT2D eigenvalue weighted by Crippen LogP contribution is -2.46. The Hall–Kier alpha value is 0.0200. The lowest BCUT2D eigenvalue weighted by atomic mass is 9.63. The molecule has 2 heteroatoms. The molecule has 1 nitrogen and oxygen atoms in total. The number of fused-ring (bicyclic) bond motifs is 1. The van der Waals surface area contributed by atoms with Gasteiger partial charge in [-0.3, -0.25) is 4.79 Å². The molecule has 0 radical (unpaired) electrons. The molecule has 2 aliphatic carbocycles. The molecular weight excluding hydrogens is 144 g/mol. The molecular formula is C8H12OS. The highest BCUT2D eigenvalue weighted by Gasteiger charge is 2.59. The van der Waals surface area contributed by atoms with Crippen molar-refractivity contribution in [2.45, 2.75) is 37.4 Å². The van der Waals surface area contributed by atoms with Crippen LogP contribution >= 0.6 is 12.6 Å². The average Bonchev–Trinajstić information content (AvgIpc) is 1.95. The Morgan fingerprint density at radius 3 is 2.30 bits per heavy atom. The molecule has 0 amide bonds. The summed E-state index contributed by atoms with van der Waals surface area (Å²) < 4.78 is 0.0874. The van der Waals surface area contributed by atoms with E-state index in [0.717, 1.165) is 12.8 Å². The summed E-state index contributed by atoms with van der Waals surface area (Å²) in [5.41, 5.74) is 0.257. The van der Waals surface area contributed by atoms with Crippen LogP contribution in [0.4, 0.5) is 0 Å². The molecule has 0 bridgehead atoms. The van der Waals surface area contributed by atoms with Crippen LogP contribution in [-0.2, 0) is 4.79 Å². The van der Waals surface area contributed by atoms with Crippen molar-refractivity contribution in [3.8, 4) is 0 Å². The Balaban J connectivity index is 2.31. The van der Waals surface area contributed by atoms with Crippen LogP contribution in [0.2, 0.25) is 0 Å². The number of thiol groups is 1. The maximum Gasteiger partial charge on any atom is 0.134 e. The number of hydrogen-bond acceptors (Lipinski definition) is 2. The van der Waals surface area contributed by atoms with E-state index >= 15 is 0 Å². The Labute approximate surface area is 66.6 Å². The number of rotatable bonds is 0. The molecule has 0 heterocycles. The zero-order chi connectivity index (χ0) is 7.41. The van der Waals surface area contributed by atoms with Gasteiger partial charge in [0.25, 0.3) is 0 Å². The Morgan fingerprint density at radius 1 is 1.40 bits per heavy atom. The van der Waals surface area contributed by atoms with Crippen molar-refractivity contribution in [2.75, 3.05) is 0 Å². The van der Waals surface area contributed by atoms with Gasteiger partial charge in [0, 0.05) is 17.6 Å². The normalized spacial score (nSPS) is 52.4. The van der Waals surface area contributed by atoms with Crippen molar-refractivity contribution in [3.63, 3.8) is 0 Å². The molecule has 2 aliphatic rings. The second-order valence-corrected chi connectivity index (χ2v) is 4.84. The van der Waals surface area contributed by atoms with E-state index in [2.05, 4.69) is 19.6 Å². The second kappa shape index (κ2) is 1.60. The highest BCUT2D eigenvalue weighted by molar-refractivity contribution is 7.82. The van der Waals surface area contributed by atoms with E-state index in [9.17, 15) is 4.79 Å². The smallest absolute Gasteiger partial charge is 0.134 e. The van der Waals surface area contributed by atoms with Crippen molar-refractivity contribution in [3.05, 3.63) is 0 Å². The standard InChI is InChI=1S/C8H12OS/c1-7-2-3-8(7,10)5-6(9)4-7/h10H,2-5H2,1H3/t7-,8-/m0/s1. The molecule has 0 spiro atoms. The first-order valence-corrected chi connectivity index (χ1v) is 4.25. The summed E-state index contributed by atoms with van der Waals surface area (Å²) in [6.45, 7) is 2.19. The maximum absolute atomic E-state index is 11.1. The van der Waals surface area contributed by atoms with E-state index in [1.54, 1.807) is 0 Å². The predicted octanol–water partition coefficient (Wildman–Crippen LogP) is 1.82. The zero-order valence-corrected chi connectivity index (χ0v) is 7.08. The van der Waals surface area contributed by atoms with E-state index in [1.165, 1.54) is 6.42 Å². The summed E-state index contributed by atoms with van der Waals surface area (Å²) in [4.78, 5) is 11.1. The molecule has 2 fully saturated rings. The molecule has 0 aromatic heterocycles. The second-order valence-electron chi connectivity index (χ2n) is 3.98. The van der Waals surface area contributed by atoms with Crippen molar-refractivity contribution in [1.82, 2.24) is 0 Å². The van der Waals surface area contributed by atoms with Crippen molar-refractivity contribution >= 4 is 18.4 Å². The predicted molar refractivity (Wildman–Crippen MR) is 43.3 cm³/mol. The van der Waals surface area contributed by atoms with Gasteiger partial charge < -0.3 is 0 Å². The molecule has 0 saturated heterocycles. The van der Waals surface area contributed by atoms with Gasteiger partial charge in [-0.1, -0.05) is 6.92 Å². The molecule has 56 valence electrons. The minimum atomic E-state index is 0.0874. The highest BCUT2D eigenvalue weighted by atomic mass is 32.1. The molecule has 0 aromatic rings. The van der Waals surface area contributed by atoms with Gasteiger partial charge in [0.1, 0.15) is 5.78 Å². The minimum absolute atomic E-state index is 0.0874. The van der Waals surface area contributed by atoms with Gasteiger partial charge in [0.15, 0.2) is 0 Å². The average molecular weight is 156 g/mol. The maximum atomic E-state index is 11.1. The van der Waals surface area contributed by atoms with Crippen LogP contribution in [0.15, 0.2) is 0 Å². The summed E-state index contributed by atoms with van der Waals surface area (Å²) in [5, 5.41) is 0. The molecule has 2 atom stereocenters. The van der Waals surface area contributed by atoms with Gasteiger partial charge >= 0.3 is 0 Å². The summed E-state index contributed by atoms with van der Waals surface area (Å²) in [7, 11) is 0. The Bertz CT molecular complexity index is 181.